The lowest BCUT2D eigenvalue weighted by atomic mass is 10.2. The average molecular weight is 227 g/mol. The molecule has 0 saturated carbocycles. The molecule has 0 aliphatic heterocycles. The van der Waals surface area contributed by atoms with E-state index in [0.29, 0.717) is 0 Å². The molecule has 0 fully saturated rings. The normalized spacial score (nSPS) is 15.1. The molecule has 0 atom stereocenters. The summed E-state index contributed by atoms with van der Waals surface area (Å²) in [5.41, 5.74) is 3.00. The molecule has 17 heavy (non-hydrogen) atoms. The van der Waals surface area contributed by atoms with Gasteiger partial charge in [-0.1, -0.05) is 12.2 Å². The Balaban J connectivity index is 2.06. The fourth-order valence-electron chi connectivity index (χ4n) is 1.61. The quantitative estimate of drug-likeness (QED) is 0.715. The van der Waals surface area contributed by atoms with Crippen LogP contribution in [0.25, 0.3) is 0 Å². The van der Waals surface area contributed by atoms with Crippen molar-refractivity contribution < 1.29 is 0 Å². The molecule has 0 aromatic heterocycles. The first kappa shape index (κ1) is 11.6. The monoisotopic (exact) mass is 227 g/mol. The van der Waals surface area contributed by atoms with Crippen LogP contribution in [0.4, 0.5) is 11.4 Å². The van der Waals surface area contributed by atoms with Crippen molar-refractivity contribution in [2.24, 2.45) is 10.2 Å². The van der Waals surface area contributed by atoms with Gasteiger partial charge < -0.3 is 4.90 Å². The van der Waals surface area contributed by atoms with Gasteiger partial charge in [0, 0.05) is 19.8 Å². The largest absolute Gasteiger partial charge is 0.378 e. The van der Waals surface area contributed by atoms with E-state index >= 15 is 0 Å². The van der Waals surface area contributed by atoms with Crippen LogP contribution in [0.15, 0.2) is 58.4 Å². The Labute approximate surface area is 102 Å². The highest BCUT2D eigenvalue weighted by Gasteiger charge is 1.96. The SMILES string of the molecule is CN(C)c1ccc(N=NC2=CCCC=C2)cc1. The van der Waals surface area contributed by atoms with Gasteiger partial charge in [-0.25, -0.2) is 0 Å². The van der Waals surface area contributed by atoms with Gasteiger partial charge in [0.25, 0.3) is 0 Å². The zero-order chi connectivity index (χ0) is 12.1. The minimum Gasteiger partial charge on any atom is -0.378 e. The number of azo groups is 1. The zero-order valence-electron chi connectivity index (χ0n) is 10.3. The number of rotatable bonds is 3. The maximum Gasteiger partial charge on any atom is 0.0858 e. The summed E-state index contributed by atoms with van der Waals surface area (Å²) in [6, 6.07) is 8.04. The van der Waals surface area contributed by atoms with Crippen LogP contribution in [0.2, 0.25) is 0 Å². The fraction of sp³-hybridized carbons (Fsp3) is 0.286. The first-order chi connectivity index (χ1) is 8.25. The Morgan fingerprint density at radius 2 is 1.76 bits per heavy atom. The topological polar surface area (TPSA) is 28.0 Å². The molecule has 0 radical (unpaired) electrons. The second-order valence-corrected chi connectivity index (χ2v) is 4.22. The number of allylic oxidation sites excluding steroid dienone is 3. The van der Waals surface area contributed by atoms with Gasteiger partial charge in [0.1, 0.15) is 0 Å². The van der Waals surface area contributed by atoms with Crippen molar-refractivity contribution in [1.29, 1.82) is 0 Å². The van der Waals surface area contributed by atoms with Gasteiger partial charge >= 0.3 is 0 Å². The molecular formula is C14H17N3. The van der Waals surface area contributed by atoms with E-state index in [-0.39, 0.29) is 0 Å². The second kappa shape index (κ2) is 5.43. The van der Waals surface area contributed by atoms with Crippen LogP contribution in [0.3, 0.4) is 0 Å². The van der Waals surface area contributed by atoms with Gasteiger partial charge in [0.15, 0.2) is 0 Å². The Kier molecular flexibility index (Phi) is 3.70. The Morgan fingerprint density at radius 1 is 1.00 bits per heavy atom. The number of nitrogens with zero attached hydrogens (tertiary/aromatic N) is 3. The maximum absolute atomic E-state index is 4.22. The third-order valence-electron chi connectivity index (χ3n) is 2.62. The number of benzene rings is 1. The summed E-state index contributed by atoms with van der Waals surface area (Å²) in [6.07, 6.45) is 8.42. The van der Waals surface area contributed by atoms with Crippen LogP contribution < -0.4 is 4.90 Å². The van der Waals surface area contributed by atoms with Crippen molar-refractivity contribution in [1.82, 2.24) is 0 Å². The standard InChI is InChI=1S/C14H17N3/c1-17(2)14-10-8-13(9-11-14)16-15-12-6-4-3-5-7-12/h4,6-11H,3,5H2,1-2H3. The Morgan fingerprint density at radius 3 is 2.35 bits per heavy atom. The molecular weight excluding hydrogens is 210 g/mol. The van der Waals surface area contributed by atoms with Crippen molar-refractivity contribution in [2.45, 2.75) is 12.8 Å². The van der Waals surface area contributed by atoms with Gasteiger partial charge in [-0.15, -0.1) is 0 Å². The summed E-state index contributed by atoms with van der Waals surface area (Å²) >= 11 is 0. The van der Waals surface area contributed by atoms with Gasteiger partial charge in [-0.3, -0.25) is 0 Å². The lowest BCUT2D eigenvalue weighted by Crippen LogP contribution is -2.07. The molecule has 0 saturated heterocycles. The molecule has 2 rings (SSSR count). The first-order valence-electron chi connectivity index (χ1n) is 5.81. The van der Waals surface area contributed by atoms with Crippen LogP contribution >= 0.6 is 0 Å². The van der Waals surface area contributed by atoms with Gasteiger partial charge in [0.2, 0.25) is 0 Å². The number of hydrogen-bond acceptors (Lipinski definition) is 3. The molecule has 1 aliphatic rings. The predicted octanol–water partition coefficient (Wildman–Crippen LogP) is 4.07. The van der Waals surface area contributed by atoms with Crippen LogP contribution in [0, 0.1) is 0 Å². The van der Waals surface area contributed by atoms with Crippen LogP contribution in [0.1, 0.15) is 12.8 Å². The van der Waals surface area contributed by atoms with E-state index in [1.54, 1.807) is 0 Å². The van der Waals surface area contributed by atoms with Gasteiger partial charge in [-0.2, -0.15) is 10.2 Å². The molecule has 3 nitrogen and oxygen atoms in total. The maximum atomic E-state index is 4.22. The second-order valence-electron chi connectivity index (χ2n) is 4.22. The van der Waals surface area contributed by atoms with Gasteiger partial charge in [0.05, 0.1) is 11.4 Å². The van der Waals surface area contributed by atoms with Crippen molar-refractivity contribution in [3.8, 4) is 0 Å². The average Bonchev–Trinajstić information content (AvgIpc) is 2.38. The first-order valence-corrected chi connectivity index (χ1v) is 5.81. The summed E-state index contributed by atoms with van der Waals surface area (Å²) in [5, 5.41) is 8.43. The van der Waals surface area contributed by atoms with Crippen molar-refractivity contribution in [3.05, 3.63) is 48.2 Å². The molecule has 3 heteroatoms. The number of anilines is 1. The summed E-state index contributed by atoms with van der Waals surface area (Å²) in [6.45, 7) is 0. The highest BCUT2D eigenvalue weighted by Crippen LogP contribution is 2.20. The summed E-state index contributed by atoms with van der Waals surface area (Å²) in [5.74, 6) is 0. The van der Waals surface area contributed by atoms with Crippen molar-refractivity contribution >= 4 is 11.4 Å². The Bertz CT molecular complexity index is 453. The third kappa shape index (κ3) is 3.28. The molecule has 0 bridgehead atoms. The number of hydrogen-bond donors (Lipinski definition) is 0. The summed E-state index contributed by atoms with van der Waals surface area (Å²) in [4.78, 5) is 2.06. The van der Waals surface area contributed by atoms with Crippen LogP contribution in [-0.4, -0.2) is 14.1 Å². The van der Waals surface area contributed by atoms with E-state index < -0.39 is 0 Å². The molecule has 1 aromatic carbocycles. The molecule has 1 aliphatic carbocycles. The highest BCUT2D eigenvalue weighted by molar-refractivity contribution is 5.51. The van der Waals surface area contributed by atoms with Crippen LogP contribution in [0.5, 0.6) is 0 Å². The predicted molar refractivity (Wildman–Crippen MR) is 71.7 cm³/mol. The molecule has 88 valence electrons. The van der Waals surface area contributed by atoms with E-state index in [2.05, 4.69) is 27.3 Å². The third-order valence-corrected chi connectivity index (χ3v) is 2.62. The molecule has 0 unspecified atom stereocenters. The lowest BCUT2D eigenvalue weighted by Gasteiger charge is -2.11. The minimum absolute atomic E-state index is 0.885. The summed E-state index contributed by atoms with van der Waals surface area (Å²) < 4.78 is 0. The van der Waals surface area contributed by atoms with E-state index in [1.807, 2.05) is 44.4 Å². The van der Waals surface area contributed by atoms with E-state index in [1.165, 1.54) is 5.69 Å². The summed E-state index contributed by atoms with van der Waals surface area (Å²) in [7, 11) is 4.04. The van der Waals surface area contributed by atoms with Gasteiger partial charge in [-0.05, 0) is 43.2 Å². The molecule has 0 heterocycles. The van der Waals surface area contributed by atoms with Crippen molar-refractivity contribution in [3.63, 3.8) is 0 Å². The molecule has 0 amide bonds. The smallest absolute Gasteiger partial charge is 0.0858 e. The van der Waals surface area contributed by atoms with E-state index in [4.69, 9.17) is 0 Å². The lowest BCUT2D eigenvalue weighted by molar-refractivity contribution is 0.993. The highest BCUT2D eigenvalue weighted by atomic mass is 15.1. The molecule has 0 spiro atoms. The fourth-order valence-corrected chi connectivity index (χ4v) is 1.61. The molecule has 1 aromatic rings. The zero-order valence-corrected chi connectivity index (χ0v) is 10.3. The minimum atomic E-state index is 0.885. The Hall–Kier alpha value is -1.90. The molecule has 0 N–H and O–H groups in total. The van der Waals surface area contributed by atoms with E-state index in [9.17, 15) is 0 Å². The van der Waals surface area contributed by atoms with E-state index in [0.717, 1.165) is 24.2 Å². The van der Waals surface area contributed by atoms with Crippen LogP contribution in [-0.2, 0) is 0 Å². The van der Waals surface area contributed by atoms with Crippen molar-refractivity contribution in [2.75, 3.05) is 19.0 Å².